The zero-order valence-corrected chi connectivity index (χ0v) is 15.0. The van der Waals surface area contributed by atoms with Gasteiger partial charge in [0.05, 0.1) is 10.6 Å². The highest BCUT2D eigenvalue weighted by molar-refractivity contribution is 6.35. The second-order valence-corrected chi connectivity index (χ2v) is 6.52. The predicted molar refractivity (Wildman–Crippen MR) is 109 cm³/mol. The van der Waals surface area contributed by atoms with E-state index >= 15 is 0 Å². The summed E-state index contributed by atoms with van der Waals surface area (Å²) in [6.45, 7) is 0. The highest BCUT2D eigenvalue weighted by Gasteiger charge is 2.23. The van der Waals surface area contributed by atoms with Gasteiger partial charge in [-0.1, -0.05) is 54.1 Å². The van der Waals surface area contributed by atoms with E-state index in [1.54, 1.807) is 30.3 Å². The number of para-hydroxylation sites is 1. The number of benzene rings is 3. The summed E-state index contributed by atoms with van der Waals surface area (Å²) in [5, 5.41) is 6.09. The van der Waals surface area contributed by atoms with Crippen LogP contribution in [0.4, 0.5) is 11.4 Å². The quantitative estimate of drug-likeness (QED) is 0.628. The first kappa shape index (κ1) is 17.1. The molecule has 0 unspecified atom stereocenters. The summed E-state index contributed by atoms with van der Waals surface area (Å²) in [6, 6.07) is 21.7. The van der Waals surface area contributed by atoms with Crippen molar-refractivity contribution in [3.63, 3.8) is 0 Å². The van der Waals surface area contributed by atoms with Gasteiger partial charge in [0.15, 0.2) is 0 Å². The minimum atomic E-state index is -0.283. The van der Waals surface area contributed by atoms with Crippen molar-refractivity contribution in [1.29, 1.82) is 0 Å². The van der Waals surface area contributed by atoms with Crippen LogP contribution in [0.5, 0.6) is 0 Å². The molecule has 27 heavy (non-hydrogen) atoms. The molecule has 0 radical (unpaired) electrons. The molecule has 0 aromatic heterocycles. The first-order valence-corrected chi connectivity index (χ1v) is 8.78. The maximum absolute atomic E-state index is 12.4. The van der Waals surface area contributed by atoms with Crippen molar-refractivity contribution in [3.8, 4) is 0 Å². The van der Waals surface area contributed by atoms with Crippen LogP contribution >= 0.6 is 11.6 Å². The minimum Gasteiger partial charge on any atom is -0.322 e. The molecule has 2 amide bonds. The van der Waals surface area contributed by atoms with Gasteiger partial charge < -0.3 is 10.6 Å². The van der Waals surface area contributed by atoms with Crippen LogP contribution in [0.1, 0.15) is 21.5 Å². The van der Waals surface area contributed by atoms with Gasteiger partial charge in [-0.15, -0.1) is 0 Å². The number of rotatable bonds is 3. The van der Waals surface area contributed by atoms with Gasteiger partial charge in [-0.05, 0) is 42.0 Å². The highest BCUT2D eigenvalue weighted by Crippen LogP contribution is 2.33. The average molecular weight is 375 g/mol. The number of carbonyl (C=O) groups is 2. The van der Waals surface area contributed by atoms with Crippen molar-refractivity contribution in [2.75, 3.05) is 10.6 Å². The largest absolute Gasteiger partial charge is 0.322 e. The van der Waals surface area contributed by atoms with Crippen molar-refractivity contribution in [2.24, 2.45) is 0 Å². The van der Waals surface area contributed by atoms with Gasteiger partial charge in [-0.2, -0.15) is 0 Å². The van der Waals surface area contributed by atoms with E-state index in [4.69, 9.17) is 11.6 Å². The number of fused-ring (bicyclic) bond motifs is 1. The molecule has 4 rings (SSSR count). The maximum atomic E-state index is 12.4. The fourth-order valence-electron chi connectivity index (χ4n) is 3.00. The van der Waals surface area contributed by atoms with E-state index in [9.17, 15) is 9.59 Å². The molecule has 2 N–H and O–H groups in total. The Labute approximate surface area is 161 Å². The van der Waals surface area contributed by atoms with Crippen LogP contribution < -0.4 is 10.6 Å². The summed E-state index contributed by atoms with van der Waals surface area (Å²) < 4.78 is 0. The first-order chi connectivity index (χ1) is 13.1. The molecular weight excluding hydrogens is 360 g/mol. The van der Waals surface area contributed by atoms with Gasteiger partial charge >= 0.3 is 0 Å². The van der Waals surface area contributed by atoms with Crippen LogP contribution in [0, 0.1) is 0 Å². The summed E-state index contributed by atoms with van der Waals surface area (Å²) >= 11 is 6.08. The molecule has 1 aliphatic rings. The summed E-state index contributed by atoms with van der Waals surface area (Å²) in [6.07, 6.45) is 1.81. The Kier molecular flexibility index (Phi) is 4.48. The van der Waals surface area contributed by atoms with Gasteiger partial charge in [0.2, 0.25) is 0 Å². The fourth-order valence-corrected chi connectivity index (χ4v) is 3.22. The van der Waals surface area contributed by atoms with Crippen LogP contribution in [-0.4, -0.2) is 11.8 Å². The Morgan fingerprint density at radius 3 is 2.59 bits per heavy atom. The smallest absolute Gasteiger partial charge is 0.257 e. The second kappa shape index (κ2) is 7.09. The molecule has 0 spiro atoms. The first-order valence-electron chi connectivity index (χ1n) is 8.40. The Balaban J connectivity index is 1.61. The van der Waals surface area contributed by atoms with E-state index in [-0.39, 0.29) is 11.8 Å². The average Bonchev–Trinajstić information content (AvgIpc) is 2.98. The Morgan fingerprint density at radius 2 is 1.74 bits per heavy atom. The lowest BCUT2D eigenvalue weighted by Crippen LogP contribution is -2.12. The van der Waals surface area contributed by atoms with Crippen molar-refractivity contribution >= 4 is 46.4 Å². The van der Waals surface area contributed by atoms with Crippen LogP contribution in [0.25, 0.3) is 11.6 Å². The molecule has 0 atom stereocenters. The highest BCUT2D eigenvalue weighted by atomic mass is 35.5. The number of hydrogen-bond donors (Lipinski definition) is 2. The summed E-state index contributed by atoms with van der Waals surface area (Å²) in [5.41, 5.74) is 4.12. The number of anilines is 2. The van der Waals surface area contributed by atoms with E-state index in [2.05, 4.69) is 10.6 Å². The molecule has 3 aromatic rings. The summed E-state index contributed by atoms with van der Waals surface area (Å²) in [5.74, 6) is -0.420. The van der Waals surface area contributed by atoms with E-state index in [0.29, 0.717) is 21.8 Å². The topological polar surface area (TPSA) is 58.2 Å². The molecule has 1 heterocycles. The zero-order chi connectivity index (χ0) is 18.8. The molecule has 0 bridgehead atoms. The molecule has 3 aromatic carbocycles. The Bertz CT molecular complexity index is 1090. The number of amides is 2. The van der Waals surface area contributed by atoms with Gasteiger partial charge in [-0.3, -0.25) is 9.59 Å². The van der Waals surface area contributed by atoms with Gasteiger partial charge in [0.25, 0.3) is 11.8 Å². The normalized spacial score (nSPS) is 14.0. The Morgan fingerprint density at radius 1 is 0.963 bits per heavy atom. The Hall–Kier alpha value is -3.37. The van der Waals surface area contributed by atoms with Crippen LogP contribution in [0.15, 0.2) is 72.8 Å². The monoisotopic (exact) mass is 374 g/mol. The number of carbonyl (C=O) groups excluding carboxylic acids is 2. The molecular formula is C22H15ClN2O2. The zero-order valence-electron chi connectivity index (χ0n) is 14.2. The lowest BCUT2D eigenvalue weighted by Gasteiger charge is -2.07. The van der Waals surface area contributed by atoms with Gasteiger partial charge in [0.1, 0.15) is 0 Å². The molecule has 132 valence electrons. The van der Waals surface area contributed by atoms with Crippen LogP contribution in [0.2, 0.25) is 5.02 Å². The molecule has 0 fully saturated rings. The summed E-state index contributed by atoms with van der Waals surface area (Å²) in [4.78, 5) is 24.7. The third-order valence-electron chi connectivity index (χ3n) is 4.28. The van der Waals surface area contributed by atoms with E-state index in [1.807, 2.05) is 48.5 Å². The molecule has 0 saturated carbocycles. The van der Waals surface area contributed by atoms with Crippen LogP contribution in [-0.2, 0) is 4.79 Å². The van der Waals surface area contributed by atoms with Crippen molar-refractivity contribution in [3.05, 3.63) is 94.5 Å². The van der Waals surface area contributed by atoms with E-state index in [1.165, 1.54) is 0 Å². The molecule has 0 saturated heterocycles. The molecule has 0 aliphatic carbocycles. The molecule has 1 aliphatic heterocycles. The maximum Gasteiger partial charge on any atom is 0.257 e. The SMILES string of the molecule is O=C1Nc2ccccc2/C1=C\c1cccc(NC(=O)c2ccccc2Cl)c1. The summed E-state index contributed by atoms with van der Waals surface area (Å²) in [7, 11) is 0. The third-order valence-corrected chi connectivity index (χ3v) is 4.61. The third kappa shape index (κ3) is 3.48. The minimum absolute atomic E-state index is 0.137. The number of nitrogens with one attached hydrogen (secondary N) is 2. The van der Waals surface area contributed by atoms with Crippen molar-refractivity contribution in [2.45, 2.75) is 0 Å². The lowest BCUT2D eigenvalue weighted by molar-refractivity contribution is -0.110. The lowest BCUT2D eigenvalue weighted by atomic mass is 10.0. The van der Waals surface area contributed by atoms with Gasteiger partial charge in [0, 0.05) is 22.5 Å². The standard InChI is InChI=1S/C22H15ClN2O2/c23-19-10-3-1-9-17(19)21(26)24-15-7-5-6-14(12-15)13-18-16-8-2-4-11-20(16)25-22(18)27/h1-13H,(H,24,26)(H,25,27)/b18-13+. The fraction of sp³-hybridized carbons (Fsp3) is 0. The predicted octanol–water partition coefficient (Wildman–Crippen LogP) is 5.09. The van der Waals surface area contributed by atoms with Crippen LogP contribution in [0.3, 0.4) is 0 Å². The van der Waals surface area contributed by atoms with Crippen molar-refractivity contribution in [1.82, 2.24) is 0 Å². The number of halogens is 1. The van der Waals surface area contributed by atoms with E-state index in [0.717, 1.165) is 16.8 Å². The molecule has 4 nitrogen and oxygen atoms in total. The van der Waals surface area contributed by atoms with Crippen molar-refractivity contribution < 1.29 is 9.59 Å². The molecule has 5 heteroatoms. The van der Waals surface area contributed by atoms with Gasteiger partial charge in [-0.25, -0.2) is 0 Å². The van der Waals surface area contributed by atoms with E-state index < -0.39 is 0 Å². The second-order valence-electron chi connectivity index (χ2n) is 6.12. The number of hydrogen-bond acceptors (Lipinski definition) is 2.